The normalized spacial score (nSPS) is 28.4. The van der Waals surface area contributed by atoms with Crippen molar-refractivity contribution in [2.45, 2.75) is 74.2 Å². The molecule has 0 aliphatic heterocycles. The van der Waals surface area contributed by atoms with Crippen molar-refractivity contribution in [3.63, 3.8) is 0 Å². The average Bonchev–Trinajstić information content (AvgIpc) is 2.84. The highest BCUT2D eigenvalue weighted by Crippen LogP contribution is 2.60. The molecule has 39 heavy (non-hydrogen) atoms. The van der Waals surface area contributed by atoms with E-state index in [1.54, 1.807) is 24.3 Å². The fourth-order valence-electron chi connectivity index (χ4n) is 7.01. The Morgan fingerprint density at radius 2 is 1.62 bits per heavy atom. The molecular formula is C28H35FN2O6S2. The van der Waals surface area contributed by atoms with Crippen LogP contribution in [0.15, 0.2) is 58.3 Å². The van der Waals surface area contributed by atoms with Crippen LogP contribution in [0.25, 0.3) is 0 Å². The van der Waals surface area contributed by atoms with E-state index >= 15 is 0 Å². The van der Waals surface area contributed by atoms with Gasteiger partial charge in [-0.3, -0.25) is 8.98 Å². The molecule has 4 bridgehead atoms. The number of hydrogen-bond donors (Lipinski definition) is 2. The molecule has 4 aliphatic carbocycles. The van der Waals surface area contributed by atoms with E-state index in [1.807, 2.05) is 6.92 Å². The fourth-order valence-corrected chi connectivity index (χ4v) is 9.48. The third-order valence-electron chi connectivity index (χ3n) is 8.61. The van der Waals surface area contributed by atoms with Gasteiger partial charge in [0.1, 0.15) is 16.3 Å². The summed E-state index contributed by atoms with van der Waals surface area (Å²) in [6, 6.07) is 11.5. The Labute approximate surface area is 229 Å². The number of rotatable bonds is 9. The summed E-state index contributed by atoms with van der Waals surface area (Å²) in [6.07, 6.45) is 4.22. The Morgan fingerprint density at radius 1 is 1.00 bits per heavy atom. The topological polar surface area (TPSA) is 119 Å². The first-order valence-electron chi connectivity index (χ1n) is 13.3. The first-order valence-corrected chi connectivity index (χ1v) is 16.1. The quantitative estimate of drug-likeness (QED) is 0.436. The second-order valence-electron chi connectivity index (χ2n) is 12.2. The highest BCUT2D eigenvalue weighted by atomic mass is 32.2. The number of nitrogens with one attached hydrogen (secondary N) is 2. The molecule has 0 saturated heterocycles. The monoisotopic (exact) mass is 578 g/mol. The first-order chi connectivity index (χ1) is 18.2. The van der Waals surface area contributed by atoms with Crippen LogP contribution < -0.4 is 10.0 Å². The predicted molar refractivity (Wildman–Crippen MR) is 143 cm³/mol. The zero-order chi connectivity index (χ0) is 28.2. The van der Waals surface area contributed by atoms with Gasteiger partial charge >= 0.3 is 0 Å². The number of carbonyl (C=O) groups is 1. The molecule has 1 amide bonds. The summed E-state index contributed by atoms with van der Waals surface area (Å²) < 4.78 is 73.4. The van der Waals surface area contributed by atoms with Crippen LogP contribution >= 0.6 is 0 Å². The molecule has 0 spiro atoms. The van der Waals surface area contributed by atoms with Crippen LogP contribution in [0.4, 0.5) is 4.39 Å². The number of halogens is 1. The van der Waals surface area contributed by atoms with E-state index < -0.39 is 42.3 Å². The minimum atomic E-state index is -4.27. The van der Waals surface area contributed by atoms with E-state index in [0.717, 1.165) is 49.8 Å². The summed E-state index contributed by atoms with van der Waals surface area (Å²) in [6.45, 7) is 4.92. The van der Waals surface area contributed by atoms with Crippen molar-refractivity contribution >= 4 is 26.0 Å². The lowest BCUT2D eigenvalue weighted by molar-refractivity contribution is -0.134. The molecule has 2 aromatic carbocycles. The van der Waals surface area contributed by atoms with Gasteiger partial charge in [-0.25, -0.2) is 12.8 Å². The van der Waals surface area contributed by atoms with E-state index in [0.29, 0.717) is 5.92 Å². The SMILES string of the molecule is Cc1ccc(S(=O)(=O)OCC23CC4CC(C2)C(NC(=O)C(C)(C)NS(=O)(=O)c2ccccc2F)C(C4)C3)cc1. The van der Waals surface area contributed by atoms with Crippen molar-refractivity contribution in [3.05, 3.63) is 59.9 Å². The third kappa shape index (κ3) is 5.64. The standard InChI is InChI=1S/C28H35FN2O6S2/c1-18-8-10-22(11-9-18)39(35,36)37-17-28-14-19-12-20(15-28)25(21(13-19)16-28)30-26(32)27(2,3)31-38(33,34)24-7-5-4-6-23(24)29/h4-11,19-21,25,31H,12-17H2,1-3H3,(H,30,32). The molecule has 0 aromatic heterocycles. The van der Waals surface area contributed by atoms with E-state index in [-0.39, 0.29) is 34.8 Å². The zero-order valence-corrected chi connectivity index (χ0v) is 23.9. The van der Waals surface area contributed by atoms with Crippen molar-refractivity contribution in [3.8, 4) is 0 Å². The van der Waals surface area contributed by atoms with Crippen molar-refractivity contribution in [1.82, 2.24) is 10.0 Å². The average molecular weight is 579 g/mol. The molecule has 6 rings (SSSR count). The van der Waals surface area contributed by atoms with Crippen LogP contribution in [0.3, 0.4) is 0 Å². The Kier molecular flexibility index (Phi) is 7.18. The maximum Gasteiger partial charge on any atom is 0.296 e. The number of amides is 1. The predicted octanol–water partition coefficient (Wildman–Crippen LogP) is 3.91. The highest BCUT2D eigenvalue weighted by molar-refractivity contribution is 7.89. The van der Waals surface area contributed by atoms with Gasteiger partial charge in [0.05, 0.1) is 11.5 Å². The molecule has 4 saturated carbocycles. The molecule has 2 aromatic rings. The molecule has 212 valence electrons. The molecule has 4 fully saturated rings. The molecule has 2 N–H and O–H groups in total. The van der Waals surface area contributed by atoms with Crippen molar-refractivity contribution in [2.75, 3.05) is 6.61 Å². The lowest BCUT2D eigenvalue weighted by Crippen LogP contribution is -2.64. The molecule has 11 heteroatoms. The second kappa shape index (κ2) is 9.94. The maximum atomic E-state index is 14.1. The smallest absolute Gasteiger partial charge is 0.296 e. The van der Waals surface area contributed by atoms with Crippen LogP contribution in [0, 0.1) is 35.9 Å². The lowest BCUT2D eigenvalue weighted by Gasteiger charge is -2.60. The summed E-state index contributed by atoms with van der Waals surface area (Å²) >= 11 is 0. The Balaban J connectivity index is 1.25. The number of hydrogen-bond acceptors (Lipinski definition) is 6. The summed E-state index contributed by atoms with van der Waals surface area (Å²) in [5.41, 5.74) is -0.817. The van der Waals surface area contributed by atoms with Gasteiger partial charge in [0.2, 0.25) is 15.9 Å². The van der Waals surface area contributed by atoms with E-state index in [2.05, 4.69) is 10.0 Å². The fraction of sp³-hybridized carbons (Fsp3) is 0.536. The highest BCUT2D eigenvalue weighted by Gasteiger charge is 2.56. The molecule has 0 heterocycles. The summed E-state index contributed by atoms with van der Waals surface area (Å²) in [4.78, 5) is 13.0. The first kappa shape index (κ1) is 28.2. The van der Waals surface area contributed by atoms with Crippen LogP contribution in [-0.2, 0) is 29.1 Å². The number of carbonyl (C=O) groups excluding carboxylic acids is 1. The van der Waals surface area contributed by atoms with E-state index in [9.17, 15) is 26.0 Å². The largest absolute Gasteiger partial charge is 0.351 e. The molecule has 2 unspecified atom stereocenters. The Bertz CT molecular complexity index is 1460. The van der Waals surface area contributed by atoms with Crippen molar-refractivity contribution < 1.29 is 30.2 Å². The Morgan fingerprint density at radius 3 is 2.23 bits per heavy atom. The van der Waals surface area contributed by atoms with E-state index in [1.165, 1.54) is 26.0 Å². The minimum Gasteiger partial charge on any atom is -0.351 e. The van der Waals surface area contributed by atoms with Gasteiger partial charge in [-0.15, -0.1) is 0 Å². The van der Waals surface area contributed by atoms with Crippen LogP contribution in [0.1, 0.15) is 51.5 Å². The maximum absolute atomic E-state index is 14.1. The minimum absolute atomic E-state index is 0.112. The van der Waals surface area contributed by atoms with Gasteiger partial charge in [0, 0.05) is 6.04 Å². The van der Waals surface area contributed by atoms with Crippen molar-refractivity contribution in [1.29, 1.82) is 0 Å². The number of benzene rings is 2. The summed E-state index contributed by atoms with van der Waals surface area (Å²) in [7, 11) is -8.15. The number of aryl methyl sites for hydroxylation is 1. The Hall–Kier alpha value is -2.34. The summed E-state index contributed by atoms with van der Waals surface area (Å²) in [5, 5.41) is 3.09. The van der Waals surface area contributed by atoms with Crippen molar-refractivity contribution in [2.24, 2.45) is 23.2 Å². The van der Waals surface area contributed by atoms with Crippen LogP contribution in [0.5, 0.6) is 0 Å². The molecular weight excluding hydrogens is 543 g/mol. The molecule has 2 atom stereocenters. The summed E-state index contributed by atoms with van der Waals surface area (Å²) in [5.74, 6) is -0.644. The molecule has 0 radical (unpaired) electrons. The van der Waals surface area contributed by atoms with Gasteiger partial charge in [-0.1, -0.05) is 29.8 Å². The number of sulfonamides is 1. The van der Waals surface area contributed by atoms with Gasteiger partial charge in [0.15, 0.2) is 0 Å². The van der Waals surface area contributed by atoms with Gasteiger partial charge in [-0.05, 0) is 100 Å². The molecule has 8 nitrogen and oxygen atoms in total. The van der Waals surface area contributed by atoms with Crippen LogP contribution in [0.2, 0.25) is 0 Å². The second-order valence-corrected chi connectivity index (χ2v) is 15.4. The molecule has 4 aliphatic rings. The zero-order valence-electron chi connectivity index (χ0n) is 22.3. The lowest BCUT2D eigenvalue weighted by atomic mass is 9.48. The van der Waals surface area contributed by atoms with Gasteiger partial charge in [-0.2, -0.15) is 13.1 Å². The van der Waals surface area contributed by atoms with Gasteiger partial charge in [0.25, 0.3) is 10.1 Å². The van der Waals surface area contributed by atoms with E-state index in [4.69, 9.17) is 4.18 Å². The third-order valence-corrected chi connectivity index (χ3v) is 11.6. The van der Waals surface area contributed by atoms with Gasteiger partial charge < -0.3 is 5.32 Å². The van der Waals surface area contributed by atoms with Crippen LogP contribution in [-0.4, -0.2) is 40.9 Å².